The number of carbonyl (C=O) groups excluding carboxylic acids is 1. The van der Waals surface area contributed by atoms with Gasteiger partial charge in [0.1, 0.15) is 4.84 Å². The summed E-state index contributed by atoms with van der Waals surface area (Å²) in [5, 5.41) is 0. The molecule has 0 unspecified atom stereocenters. The Morgan fingerprint density at radius 1 is 1.46 bits per heavy atom. The minimum absolute atomic E-state index is 0.393. The molecule has 1 aromatic rings. The highest BCUT2D eigenvalue weighted by atomic mass is 35.5. The summed E-state index contributed by atoms with van der Waals surface area (Å²) in [5.41, 5.74) is 1.14. The maximum absolute atomic E-state index is 11.1. The molecule has 0 N–H and O–H groups in total. The van der Waals surface area contributed by atoms with Crippen molar-refractivity contribution in [1.29, 1.82) is 0 Å². The Hall–Kier alpha value is -0.730. The molecule has 0 aliphatic carbocycles. The van der Waals surface area contributed by atoms with Crippen molar-refractivity contribution < 1.29 is 9.53 Å². The number of carbonyl (C=O) groups is 1. The number of halogens is 2. The summed E-state index contributed by atoms with van der Waals surface area (Å²) >= 11 is 11.3. The fourth-order valence-corrected chi connectivity index (χ4v) is 1.19. The average molecular weight is 219 g/mol. The van der Waals surface area contributed by atoms with E-state index < -0.39 is 10.8 Å². The second-order valence-corrected chi connectivity index (χ2v) is 3.51. The zero-order valence-corrected chi connectivity index (χ0v) is 8.47. The molecule has 0 aliphatic rings. The summed E-state index contributed by atoms with van der Waals surface area (Å²) in [6.45, 7) is 0. The van der Waals surface area contributed by atoms with Gasteiger partial charge >= 0.3 is 5.97 Å². The number of hydrogen-bond acceptors (Lipinski definition) is 2. The van der Waals surface area contributed by atoms with Crippen LogP contribution in [-0.4, -0.2) is 13.1 Å². The highest BCUT2D eigenvalue weighted by molar-refractivity contribution is 6.44. The number of ether oxygens (including phenoxy) is 1. The molecule has 2 nitrogen and oxygen atoms in total. The molecule has 70 valence electrons. The summed E-state index contributed by atoms with van der Waals surface area (Å²) in [6, 6.07) is 6.71. The molecule has 0 aromatic heterocycles. The van der Waals surface area contributed by atoms with Gasteiger partial charge in [0.15, 0.2) is 0 Å². The van der Waals surface area contributed by atoms with Gasteiger partial charge in [-0.2, -0.15) is 0 Å². The van der Waals surface area contributed by atoms with Crippen molar-refractivity contribution in [3.63, 3.8) is 0 Å². The molecule has 0 saturated heterocycles. The number of benzene rings is 1. The average Bonchev–Trinajstić information content (AvgIpc) is 2.17. The third kappa shape index (κ3) is 2.61. The van der Waals surface area contributed by atoms with Gasteiger partial charge in [-0.15, -0.1) is 23.2 Å². The van der Waals surface area contributed by atoms with Gasteiger partial charge in [0.2, 0.25) is 0 Å². The minimum atomic E-state index is -0.621. The van der Waals surface area contributed by atoms with Gasteiger partial charge in [0, 0.05) is 0 Å². The lowest BCUT2D eigenvalue weighted by molar-refractivity contribution is 0.0600. The predicted octanol–water partition coefficient (Wildman–Crippen LogP) is 2.95. The molecule has 0 bridgehead atoms. The van der Waals surface area contributed by atoms with Crippen LogP contribution in [0.4, 0.5) is 0 Å². The van der Waals surface area contributed by atoms with Gasteiger partial charge in [-0.25, -0.2) is 4.79 Å². The standard InChI is InChI=1S/C9H8Cl2O2/c1-13-9(12)7-4-2-3-6(5-7)8(10)11/h2-5,8H,1H3. The van der Waals surface area contributed by atoms with E-state index in [0.29, 0.717) is 11.1 Å². The molecule has 1 aromatic carbocycles. The van der Waals surface area contributed by atoms with Crippen molar-refractivity contribution in [3.05, 3.63) is 35.4 Å². The largest absolute Gasteiger partial charge is 0.465 e. The monoisotopic (exact) mass is 218 g/mol. The molecular formula is C9H8Cl2O2. The summed E-state index contributed by atoms with van der Waals surface area (Å²) < 4.78 is 4.55. The van der Waals surface area contributed by atoms with Crippen LogP contribution in [0.3, 0.4) is 0 Å². The van der Waals surface area contributed by atoms with Crippen LogP contribution in [0, 0.1) is 0 Å². The smallest absolute Gasteiger partial charge is 0.337 e. The lowest BCUT2D eigenvalue weighted by atomic mass is 10.1. The van der Waals surface area contributed by atoms with Crippen LogP contribution in [0.2, 0.25) is 0 Å². The van der Waals surface area contributed by atoms with Crippen molar-refractivity contribution in [2.75, 3.05) is 7.11 Å². The summed E-state index contributed by atoms with van der Waals surface area (Å²) in [4.78, 5) is 10.5. The van der Waals surface area contributed by atoms with Gasteiger partial charge < -0.3 is 4.74 Å². The van der Waals surface area contributed by atoms with Crippen molar-refractivity contribution >= 4 is 29.2 Å². The first-order valence-electron chi connectivity index (χ1n) is 3.61. The Balaban J connectivity index is 2.98. The van der Waals surface area contributed by atoms with Gasteiger partial charge in [0.05, 0.1) is 12.7 Å². The summed E-state index contributed by atoms with van der Waals surface area (Å²) in [5.74, 6) is -0.393. The highest BCUT2D eigenvalue weighted by Gasteiger charge is 2.08. The van der Waals surface area contributed by atoms with Crippen LogP contribution in [0.1, 0.15) is 20.8 Å². The fourth-order valence-electron chi connectivity index (χ4n) is 0.919. The Morgan fingerprint density at radius 3 is 2.69 bits per heavy atom. The van der Waals surface area contributed by atoms with Gasteiger partial charge in [0.25, 0.3) is 0 Å². The van der Waals surface area contributed by atoms with E-state index in [1.54, 1.807) is 24.3 Å². The normalized spacial score (nSPS) is 10.2. The van der Waals surface area contributed by atoms with Crippen LogP contribution in [0.15, 0.2) is 24.3 Å². The molecule has 4 heteroatoms. The Bertz CT molecular complexity index is 310. The molecule has 0 amide bonds. The number of esters is 1. The molecule has 0 aliphatic heterocycles. The van der Waals surface area contributed by atoms with Gasteiger partial charge in [-0.1, -0.05) is 12.1 Å². The quantitative estimate of drug-likeness (QED) is 0.564. The second-order valence-electron chi connectivity index (χ2n) is 2.42. The molecule has 0 fully saturated rings. The molecular weight excluding hydrogens is 211 g/mol. The maximum atomic E-state index is 11.1. The predicted molar refractivity (Wildman–Crippen MR) is 52.2 cm³/mol. The molecule has 0 radical (unpaired) electrons. The summed E-state index contributed by atoms with van der Waals surface area (Å²) in [6.07, 6.45) is 0. The molecule has 1 rings (SSSR count). The third-order valence-corrected chi connectivity index (χ3v) is 2.06. The van der Waals surface area contributed by atoms with Crippen molar-refractivity contribution in [3.8, 4) is 0 Å². The molecule has 0 heterocycles. The Labute approximate surface area is 86.4 Å². The van der Waals surface area contributed by atoms with E-state index in [4.69, 9.17) is 23.2 Å². The van der Waals surface area contributed by atoms with E-state index in [-0.39, 0.29) is 0 Å². The van der Waals surface area contributed by atoms with Crippen molar-refractivity contribution in [1.82, 2.24) is 0 Å². The van der Waals surface area contributed by atoms with Crippen molar-refractivity contribution in [2.45, 2.75) is 4.84 Å². The molecule has 0 atom stereocenters. The van der Waals surface area contributed by atoms with Crippen LogP contribution in [0.5, 0.6) is 0 Å². The van der Waals surface area contributed by atoms with Gasteiger partial charge in [-0.05, 0) is 17.7 Å². The number of hydrogen-bond donors (Lipinski definition) is 0. The Kier molecular flexibility index (Phi) is 3.58. The minimum Gasteiger partial charge on any atom is -0.465 e. The zero-order chi connectivity index (χ0) is 9.84. The van der Waals surface area contributed by atoms with Crippen LogP contribution in [0.25, 0.3) is 0 Å². The van der Waals surface area contributed by atoms with E-state index >= 15 is 0 Å². The molecule has 0 saturated carbocycles. The second kappa shape index (κ2) is 4.49. The molecule has 13 heavy (non-hydrogen) atoms. The lowest BCUT2D eigenvalue weighted by Gasteiger charge is -2.03. The van der Waals surface area contributed by atoms with E-state index in [1.165, 1.54) is 7.11 Å². The number of rotatable bonds is 2. The van der Waals surface area contributed by atoms with E-state index in [9.17, 15) is 4.79 Å². The fraction of sp³-hybridized carbons (Fsp3) is 0.222. The molecule has 0 spiro atoms. The maximum Gasteiger partial charge on any atom is 0.337 e. The summed E-state index contributed by atoms with van der Waals surface area (Å²) in [7, 11) is 1.33. The van der Waals surface area contributed by atoms with Gasteiger partial charge in [-0.3, -0.25) is 0 Å². The van der Waals surface area contributed by atoms with E-state index in [0.717, 1.165) is 0 Å². The van der Waals surface area contributed by atoms with Crippen molar-refractivity contribution in [2.24, 2.45) is 0 Å². The van der Waals surface area contributed by atoms with E-state index in [1.807, 2.05) is 0 Å². The lowest BCUT2D eigenvalue weighted by Crippen LogP contribution is -2.01. The first kappa shape index (κ1) is 10.4. The Morgan fingerprint density at radius 2 is 2.15 bits per heavy atom. The van der Waals surface area contributed by atoms with Crippen LogP contribution < -0.4 is 0 Å². The third-order valence-electron chi connectivity index (χ3n) is 1.56. The zero-order valence-electron chi connectivity index (χ0n) is 6.96. The number of alkyl halides is 2. The highest BCUT2D eigenvalue weighted by Crippen LogP contribution is 2.25. The topological polar surface area (TPSA) is 26.3 Å². The first-order chi connectivity index (χ1) is 6.15. The SMILES string of the molecule is COC(=O)c1cccc(C(Cl)Cl)c1. The van der Waals surface area contributed by atoms with Crippen LogP contribution >= 0.6 is 23.2 Å². The number of methoxy groups -OCH3 is 1. The first-order valence-corrected chi connectivity index (χ1v) is 4.49. The van der Waals surface area contributed by atoms with E-state index in [2.05, 4.69) is 4.74 Å². The van der Waals surface area contributed by atoms with Crippen LogP contribution in [-0.2, 0) is 4.74 Å².